The zero-order valence-electron chi connectivity index (χ0n) is 29.4. The number of hydrogen-bond acceptors (Lipinski definition) is 2. The third-order valence-corrected chi connectivity index (χ3v) is 9.72. The van der Waals surface area contributed by atoms with Crippen LogP contribution in [0.3, 0.4) is 0 Å². The Morgan fingerprint density at radius 3 is 1.21 bits per heavy atom. The van der Waals surface area contributed by atoms with Crippen LogP contribution < -0.4 is 0 Å². The van der Waals surface area contributed by atoms with Gasteiger partial charge in [0.25, 0.3) is 0 Å². The number of nitrogens with zero attached hydrogens (tertiary/aromatic N) is 1. The molecule has 2 heteroatoms. The van der Waals surface area contributed by atoms with E-state index in [1.54, 1.807) is 0 Å². The molecule has 0 radical (unpaired) electrons. The molecule has 0 amide bonds. The van der Waals surface area contributed by atoms with Gasteiger partial charge in [0.15, 0.2) is 0 Å². The Labute approximate surface area is 270 Å². The summed E-state index contributed by atoms with van der Waals surface area (Å²) in [7, 11) is 0. The number of ether oxygens (including phenoxy) is 1. The molecule has 0 spiro atoms. The zero-order valence-corrected chi connectivity index (χ0v) is 29.4. The number of hydrogen-bond donors (Lipinski definition) is 0. The summed E-state index contributed by atoms with van der Waals surface area (Å²) in [6.45, 7) is 9.16. The Balaban J connectivity index is 1.51. The highest BCUT2D eigenvalue weighted by atomic mass is 16.6. The molecule has 1 unspecified atom stereocenters. The fourth-order valence-corrected chi connectivity index (χ4v) is 6.72. The quantitative estimate of drug-likeness (QED) is 0.0591. The summed E-state index contributed by atoms with van der Waals surface area (Å²) < 4.78 is 5.55. The Morgan fingerprint density at radius 1 is 0.512 bits per heavy atom. The van der Waals surface area contributed by atoms with E-state index in [1.165, 1.54) is 204 Å². The number of rotatable bonds is 33. The van der Waals surface area contributed by atoms with E-state index in [-0.39, 0.29) is 0 Å². The fourth-order valence-electron chi connectivity index (χ4n) is 6.72. The first-order valence-electron chi connectivity index (χ1n) is 19.8. The van der Waals surface area contributed by atoms with Gasteiger partial charge in [-0.15, -0.1) is 0 Å². The molecular formula is C41H75NO. The second-order valence-electron chi connectivity index (χ2n) is 14.0. The monoisotopic (exact) mass is 598 g/mol. The minimum Gasteiger partial charge on any atom is -0.368 e. The summed E-state index contributed by atoms with van der Waals surface area (Å²) in [4.78, 5) is 2.76. The van der Waals surface area contributed by atoms with Crippen molar-refractivity contribution in [2.75, 3.05) is 19.7 Å². The smallest absolute Gasteiger partial charge is 0.106 e. The molecule has 1 saturated heterocycles. The molecule has 0 N–H and O–H groups in total. The van der Waals surface area contributed by atoms with Gasteiger partial charge in [0.2, 0.25) is 0 Å². The molecule has 1 fully saturated rings. The molecule has 1 heterocycles. The first kappa shape index (κ1) is 38.3. The van der Waals surface area contributed by atoms with E-state index in [9.17, 15) is 0 Å². The Bertz CT molecular complexity index is 681. The lowest BCUT2D eigenvalue weighted by molar-refractivity contribution is 0.252. The van der Waals surface area contributed by atoms with E-state index < -0.39 is 0 Å². The maximum absolute atomic E-state index is 5.55. The van der Waals surface area contributed by atoms with Gasteiger partial charge < -0.3 is 4.74 Å². The zero-order chi connectivity index (χ0) is 30.5. The molecule has 0 aromatic heterocycles. The molecule has 2 nitrogen and oxygen atoms in total. The van der Waals surface area contributed by atoms with Crippen LogP contribution >= 0.6 is 0 Å². The van der Waals surface area contributed by atoms with Crippen LogP contribution in [0.25, 0.3) is 0 Å². The van der Waals surface area contributed by atoms with Crippen molar-refractivity contribution in [2.45, 2.75) is 206 Å². The molecule has 250 valence electrons. The van der Waals surface area contributed by atoms with Gasteiger partial charge in [-0.25, -0.2) is 0 Å². The minimum atomic E-state index is 0.366. The van der Waals surface area contributed by atoms with Gasteiger partial charge >= 0.3 is 0 Å². The molecule has 1 aliphatic rings. The predicted molar refractivity (Wildman–Crippen MR) is 191 cm³/mol. The van der Waals surface area contributed by atoms with Gasteiger partial charge in [-0.2, -0.15) is 0 Å². The predicted octanol–water partition coefficient (Wildman–Crippen LogP) is 13.5. The highest BCUT2D eigenvalue weighted by molar-refractivity contribution is 5.27. The third-order valence-electron chi connectivity index (χ3n) is 9.72. The highest BCUT2D eigenvalue weighted by Crippen LogP contribution is 2.30. The summed E-state index contributed by atoms with van der Waals surface area (Å²) in [6.07, 6.45) is 40.6. The van der Waals surface area contributed by atoms with Gasteiger partial charge in [0.05, 0.1) is 6.61 Å². The van der Waals surface area contributed by atoms with E-state index in [0.717, 1.165) is 13.2 Å². The first-order chi connectivity index (χ1) is 21.3. The second kappa shape index (κ2) is 28.6. The SMILES string of the molecule is CCCCCCCCCCCCCCCCN(CCCCCCCCCCCCCCCC)Cc1cccc(C2CO2)c1. The second-order valence-corrected chi connectivity index (χ2v) is 14.0. The molecular weight excluding hydrogens is 522 g/mol. The number of benzene rings is 1. The van der Waals surface area contributed by atoms with E-state index in [4.69, 9.17) is 4.74 Å². The van der Waals surface area contributed by atoms with Gasteiger partial charge in [-0.1, -0.05) is 205 Å². The summed E-state index contributed by atoms with van der Waals surface area (Å²) in [5.41, 5.74) is 2.86. The van der Waals surface area contributed by atoms with Crippen LogP contribution in [0.15, 0.2) is 24.3 Å². The third kappa shape index (κ3) is 23.2. The molecule has 1 atom stereocenters. The van der Waals surface area contributed by atoms with Crippen molar-refractivity contribution in [3.05, 3.63) is 35.4 Å². The van der Waals surface area contributed by atoms with Crippen LogP contribution in [0.4, 0.5) is 0 Å². The lowest BCUT2D eigenvalue weighted by Crippen LogP contribution is -2.25. The molecule has 0 bridgehead atoms. The average Bonchev–Trinajstić information content (AvgIpc) is 3.87. The lowest BCUT2D eigenvalue weighted by atomic mass is 10.0. The molecule has 1 aromatic carbocycles. The Morgan fingerprint density at radius 2 is 0.860 bits per heavy atom. The van der Waals surface area contributed by atoms with Gasteiger partial charge in [0, 0.05) is 6.54 Å². The summed E-state index contributed by atoms with van der Waals surface area (Å²) in [6, 6.07) is 9.21. The van der Waals surface area contributed by atoms with Crippen molar-refractivity contribution in [1.82, 2.24) is 4.90 Å². The number of unbranched alkanes of at least 4 members (excludes halogenated alkanes) is 26. The van der Waals surface area contributed by atoms with Gasteiger partial charge in [-0.3, -0.25) is 4.90 Å². The minimum absolute atomic E-state index is 0.366. The van der Waals surface area contributed by atoms with Crippen molar-refractivity contribution in [3.63, 3.8) is 0 Å². The van der Waals surface area contributed by atoms with Crippen LogP contribution in [0.5, 0.6) is 0 Å². The van der Waals surface area contributed by atoms with Crippen LogP contribution in [-0.2, 0) is 11.3 Å². The van der Waals surface area contributed by atoms with Gasteiger partial charge in [0.1, 0.15) is 6.10 Å². The van der Waals surface area contributed by atoms with Crippen LogP contribution in [-0.4, -0.2) is 24.6 Å². The van der Waals surface area contributed by atoms with Crippen LogP contribution in [0.2, 0.25) is 0 Å². The Kier molecular flexibility index (Phi) is 25.5. The van der Waals surface area contributed by atoms with Crippen molar-refractivity contribution < 1.29 is 4.74 Å². The van der Waals surface area contributed by atoms with Crippen molar-refractivity contribution in [2.24, 2.45) is 0 Å². The summed E-state index contributed by atoms with van der Waals surface area (Å²) in [5, 5.41) is 0. The molecule has 1 aromatic rings. The molecule has 2 rings (SSSR count). The largest absolute Gasteiger partial charge is 0.368 e. The number of epoxide rings is 1. The molecule has 43 heavy (non-hydrogen) atoms. The topological polar surface area (TPSA) is 15.8 Å². The van der Waals surface area contributed by atoms with Crippen molar-refractivity contribution in [1.29, 1.82) is 0 Å². The molecule has 1 aliphatic heterocycles. The standard InChI is InChI=1S/C41H75NO/c1-3-5-7-9-11-13-15-17-19-21-23-25-27-29-34-42(37-39-32-31-33-40(36-39)41-38-43-41)35-30-28-26-24-22-20-18-16-14-12-10-8-6-4-2/h31-33,36,41H,3-30,34-35,37-38H2,1-2H3. The lowest BCUT2D eigenvalue weighted by Gasteiger charge is -2.23. The van der Waals surface area contributed by atoms with E-state index in [0.29, 0.717) is 6.10 Å². The maximum Gasteiger partial charge on any atom is 0.106 e. The van der Waals surface area contributed by atoms with Crippen molar-refractivity contribution >= 4 is 0 Å². The van der Waals surface area contributed by atoms with Crippen molar-refractivity contribution in [3.8, 4) is 0 Å². The van der Waals surface area contributed by atoms with Crippen LogP contribution in [0.1, 0.15) is 211 Å². The normalized spacial score (nSPS) is 14.6. The fraction of sp³-hybridized carbons (Fsp3) is 0.854. The first-order valence-corrected chi connectivity index (χ1v) is 19.8. The highest BCUT2D eigenvalue weighted by Gasteiger charge is 2.24. The van der Waals surface area contributed by atoms with Gasteiger partial charge in [-0.05, 0) is 37.1 Å². The maximum atomic E-state index is 5.55. The average molecular weight is 598 g/mol. The molecule has 0 aliphatic carbocycles. The van der Waals surface area contributed by atoms with E-state index in [1.807, 2.05) is 0 Å². The van der Waals surface area contributed by atoms with Crippen LogP contribution in [0, 0.1) is 0 Å². The summed E-state index contributed by atoms with van der Waals surface area (Å²) in [5.74, 6) is 0. The summed E-state index contributed by atoms with van der Waals surface area (Å²) >= 11 is 0. The Hall–Kier alpha value is -0.860. The van der Waals surface area contributed by atoms with E-state index in [2.05, 4.69) is 43.0 Å². The van der Waals surface area contributed by atoms with E-state index >= 15 is 0 Å². The molecule has 0 saturated carbocycles.